The lowest BCUT2D eigenvalue weighted by Crippen LogP contribution is -2.44. The molecule has 1 saturated heterocycles. The van der Waals surface area contributed by atoms with E-state index in [9.17, 15) is 4.79 Å². The van der Waals surface area contributed by atoms with Gasteiger partial charge in [-0.25, -0.2) is 4.98 Å². The lowest BCUT2D eigenvalue weighted by molar-refractivity contribution is -0.111. The van der Waals surface area contributed by atoms with Crippen molar-refractivity contribution in [3.8, 4) is 28.1 Å². The second kappa shape index (κ2) is 10.5. The average Bonchev–Trinajstić information content (AvgIpc) is 3.29. The highest BCUT2D eigenvalue weighted by Crippen LogP contribution is 2.40. The summed E-state index contributed by atoms with van der Waals surface area (Å²) in [7, 11) is 2.17. The van der Waals surface area contributed by atoms with Crippen LogP contribution >= 0.6 is 0 Å². The maximum absolute atomic E-state index is 12.1. The Kier molecular flexibility index (Phi) is 6.97. The molecule has 0 aliphatic carbocycles. The minimum Gasteiger partial charge on any atom is -0.492 e. The molecule has 2 N–H and O–H groups in total. The lowest BCUT2D eigenvalue weighted by atomic mass is 9.97. The van der Waals surface area contributed by atoms with Crippen molar-refractivity contribution in [1.29, 1.82) is 0 Å². The summed E-state index contributed by atoms with van der Waals surface area (Å²) in [6, 6.07) is 16.9. The molecule has 0 saturated carbocycles. The van der Waals surface area contributed by atoms with Gasteiger partial charge in [-0.05, 0) is 67.9 Å². The van der Waals surface area contributed by atoms with Crippen LogP contribution in [0.4, 0.5) is 11.4 Å². The van der Waals surface area contributed by atoms with Crippen molar-refractivity contribution in [2.75, 3.05) is 50.1 Å². The molecule has 0 bridgehead atoms. The minimum absolute atomic E-state index is 0.237. The van der Waals surface area contributed by atoms with E-state index in [0.717, 1.165) is 76.6 Å². The van der Waals surface area contributed by atoms with Crippen LogP contribution in [-0.2, 0) is 4.79 Å². The summed E-state index contributed by atoms with van der Waals surface area (Å²) in [5, 5.41) is 3.90. The summed E-state index contributed by atoms with van der Waals surface area (Å²) in [5.74, 6) is 0.485. The summed E-state index contributed by atoms with van der Waals surface area (Å²) < 4.78 is 5.77. The highest BCUT2D eigenvalue weighted by atomic mass is 16.5. The Balaban J connectivity index is 1.61. The van der Waals surface area contributed by atoms with Gasteiger partial charge in [0, 0.05) is 48.5 Å². The van der Waals surface area contributed by atoms with E-state index < -0.39 is 0 Å². The van der Waals surface area contributed by atoms with Crippen LogP contribution in [0.2, 0.25) is 0 Å². The molecule has 0 unspecified atom stereocenters. The Morgan fingerprint density at radius 2 is 1.84 bits per heavy atom. The second-order valence-electron chi connectivity index (χ2n) is 9.44. The van der Waals surface area contributed by atoms with E-state index in [2.05, 4.69) is 69.0 Å². The van der Waals surface area contributed by atoms with Gasteiger partial charge in [-0.2, -0.15) is 0 Å². The Bertz CT molecular complexity index is 1430. The van der Waals surface area contributed by atoms with Gasteiger partial charge in [0.2, 0.25) is 5.91 Å². The zero-order chi connectivity index (χ0) is 25.9. The van der Waals surface area contributed by atoms with E-state index in [4.69, 9.17) is 4.74 Å². The van der Waals surface area contributed by atoms with Gasteiger partial charge in [-0.15, -0.1) is 0 Å². The first-order valence-electron chi connectivity index (χ1n) is 12.7. The molecular weight excluding hydrogens is 462 g/mol. The molecule has 0 spiro atoms. The van der Waals surface area contributed by atoms with Crippen LogP contribution in [0.3, 0.4) is 0 Å². The first-order valence-corrected chi connectivity index (χ1v) is 12.7. The van der Waals surface area contributed by atoms with Crippen molar-refractivity contribution in [3.63, 3.8) is 0 Å². The quantitative estimate of drug-likeness (QED) is 0.332. The summed E-state index contributed by atoms with van der Waals surface area (Å²) >= 11 is 0. The van der Waals surface area contributed by atoms with Crippen LogP contribution in [0.5, 0.6) is 5.75 Å². The first-order chi connectivity index (χ1) is 18.0. The number of H-pyrrole nitrogens is 1. The summed E-state index contributed by atoms with van der Waals surface area (Å²) in [5.41, 5.74) is 7.79. The number of carbonyl (C=O) groups excluding carboxylic acids is 1. The number of anilines is 2. The number of nitrogens with one attached hydrogen (secondary N) is 2. The lowest BCUT2D eigenvalue weighted by Gasteiger charge is -2.34. The number of piperazine rings is 1. The topological polar surface area (TPSA) is 73.5 Å². The van der Waals surface area contributed by atoms with Gasteiger partial charge in [-0.3, -0.25) is 4.79 Å². The molecule has 2 aromatic heterocycles. The number of aryl methyl sites for hydroxylation is 1. The number of rotatable bonds is 7. The number of benzene rings is 2. The maximum atomic E-state index is 12.1. The Hall–Kier alpha value is -4.10. The van der Waals surface area contributed by atoms with E-state index in [0.29, 0.717) is 6.61 Å². The minimum atomic E-state index is -0.237. The third kappa shape index (κ3) is 5.08. The molecule has 0 radical (unpaired) electrons. The van der Waals surface area contributed by atoms with Gasteiger partial charge in [0.05, 0.1) is 18.5 Å². The highest BCUT2D eigenvalue weighted by Gasteiger charge is 2.19. The number of fused-ring (bicyclic) bond motifs is 1. The fourth-order valence-corrected chi connectivity index (χ4v) is 4.81. The van der Waals surface area contributed by atoms with Crippen molar-refractivity contribution >= 4 is 28.3 Å². The molecule has 5 rings (SSSR count). The monoisotopic (exact) mass is 495 g/mol. The molecule has 0 atom stereocenters. The third-order valence-corrected chi connectivity index (χ3v) is 6.93. The fourth-order valence-electron chi connectivity index (χ4n) is 4.81. The van der Waals surface area contributed by atoms with E-state index in [1.54, 1.807) is 6.20 Å². The molecule has 4 aromatic rings. The molecule has 7 nitrogen and oxygen atoms in total. The van der Waals surface area contributed by atoms with Gasteiger partial charge in [0.15, 0.2) is 0 Å². The van der Waals surface area contributed by atoms with E-state index in [1.807, 2.05) is 32.0 Å². The van der Waals surface area contributed by atoms with Gasteiger partial charge in [0.25, 0.3) is 0 Å². The van der Waals surface area contributed by atoms with E-state index in [-0.39, 0.29) is 5.91 Å². The average molecular weight is 496 g/mol. The van der Waals surface area contributed by atoms with Gasteiger partial charge >= 0.3 is 0 Å². The zero-order valence-electron chi connectivity index (χ0n) is 21.7. The van der Waals surface area contributed by atoms with Crippen molar-refractivity contribution < 1.29 is 9.53 Å². The van der Waals surface area contributed by atoms with Crippen LogP contribution in [0, 0.1) is 6.92 Å². The third-order valence-electron chi connectivity index (χ3n) is 6.93. The van der Waals surface area contributed by atoms with Crippen LogP contribution in [0.15, 0.2) is 67.4 Å². The Morgan fingerprint density at radius 3 is 2.54 bits per heavy atom. The van der Waals surface area contributed by atoms with Crippen LogP contribution < -0.4 is 15.0 Å². The molecule has 3 heterocycles. The predicted molar refractivity (Wildman–Crippen MR) is 151 cm³/mol. The maximum Gasteiger partial charge on any atom is 0.247 e. The zero-order valence-corrected chi connectivity index (χ0v) is 21.7. The number of amides is 1. The molecule has 37 heavy (non-hydrogen) atoms. The molecule has 7 heteroatoms. The van der Waals surface area contributed by atoms with Gasteiger partial charge in [0.1, 0.15) is 11.4 Å². The SMILES string of the molecule is C=CC(=O)Nc1cc(-c2c(-c3ccc(N4CCN(C)CC4)cc3)[nH]c3ncc(OCC)cc23)ccc1C. The fraction of sp³-hybridized carbons (Fsp3) is 0.267. The smallest absolute Gasteiger partial charge is 0.247 e. The van der Waals surface area contributed by atoms with Gasteiger partial charge < -0.3 is 24.8 Å². The van der Waals surface area contributed by atoms with Crippen molar-refractivity contribution in [2.24, 2.45) is 0 Å². The normalized spacial score (nSPS) is 14.1. The molecule has 1 aliphatic rings. The Morgan fingerprint density at radius 1 is 1.11 bits per heavy atom. The number of aromatic amines is 1. The summed E-state index contributed by atoms with van der Waals surface area (Å²) in [4.78, 5) is 25.1. The van der Waals surface area contributed by atoms with Crippen LogP contribution in [0.25, 0.3) is 33.4 Å². The first kappa shape index (κ1) is 24.6. The number of likely N-dealkylation sites (N-methyl/N-ethyl adjacent to an activating group) is 1. The number of pyridine rings is 1. The standard InChI is InChI=1S/C30H33N5O2/c1-5-27(36)32-26-17-22(8-7-20(26)3)28-25-18-24(37-6-2)19-31-30(25)33-29(28)21-9-11-23(12-10-21)35-15-13-34(4)14-16-35/h5,7-12,17-19H,1,6,13-16H2,2-4H3,(H,31,33)(H,32,36). The number of carbonyl (C=O) groups is 1. The molecule has 2 aromatic carbocycles. The number of ether oxygens (including phenoxy) is 1. The molecule has 1 fully saturated rings. The van der Waals surface area contributed by atoms with Crippen molar-refractivity contribution in [1.82, 2.24) is 14.9 Å². The molecular formula is C30H33N5O2. The number of hydrogen-bond donors (Lipinski definition) is 2. The number of hydrogen-bond acceptors (Lipinski definition) is 5. The van der Waals surface area contributed by atoms with E-state index >= 15 is 0 Å². The van der Waals surface area contributed by atoms with Crippen molar-refractivity contribution in [3.05, 3.63) is 72.9 Å². The van der Waals surface area contributed by atoms with E-state index in [1.165, 1.54) is 11.8 Å². The van der Waals surface area contributed by atoms with Gasteiger partial charge in [-0.1, -0.05) is 30.8 Å². The molecule has 1 aliphatic heterocycles. The van der Waals surface area contributed by atoms with Crippen LogP contribution in [-0.4, -0.2) is 60.6 Å². The largest absolute Gasteiger partial charge is 0.492 e. The summed E-state index contributed by atoms with van der Waals surface area (Å²) in [6.07, 6.45) is 3.03. The number of nitrogens with zero attached hydrogens (tertiary/aromatic N) is 3. The van der Waals surface area contributed by atoms with Crippen molar-refractivity contribution in [2.45, 2.75) is 13.8 Å². The Labute approximate surface area is 217 Å². The second-order valence-corrected chi connectivity index (χ2v) is 9.44. The summed E-state index contributed by atoms with van der Waals surface area (Å²) in [6.45, 7) is 12.3. The van der Waals surface area contributed by atoms with Crippen LogP contribution in [0.1, 0.15) is 12.5 Å². The highest BCUT2D eigenvalue weighted by molar-refractivity contribution is 6.04. The predicted octanol–water partition coefficient (Wildman–Crippen LogP) is 5.48. The number of aromatic nitrogens is 2. The molecule has 190 valence electrons. The molecule has 1 amide bonds.